The molecule has 2 rings (SSSR count). The van der Waals surface area contributed by atoms with E-state index in [0.29, 0.717) is 23.7 Å². The van der Waals surface area contributed by atoms with Crippen LogP contribution in [0, 0.1) is 5.92 Å². The third-order valence-electron chi connectivity index (χ3n) is 3.08. The molecule has 1 aromatic carbocycles. The Balaban J connectivity index is 2.25. The molecule has 0 fully saturated rings. The van der Waals surface area contributed by atoms with Gasteiger partial charge in [0.25, 0.3) is 0 Å². The van der Waals surface area contributed by atoms with Gasteiger partial charge in [-0.1, -0.05) is 26.0 Å². The molecule has 5 heteroatoms. The molecule has 1 atom stereocenters. The number of amides is 2. The summed E-state index contributed by atoms with van der Waals surface area (Å²) in [6.45, 7) is 4.07. The average Bonchev–Trinajstić information content (AvgIpc) is 2.36. The molecule has 0 saturated heterocycles. The number of fused-ring (bicyclic) bond motifs is 1. The van der Waals surface area contributed by atoms with Crippen LogP contribution in [0.5, 0.6) is 0 Å². The molecule has 0 saturated carbocycles. The van der Waals surface area contributed by atoms with Crippen LogP contribution in [0.25, 0.3) is 0 Å². The molecule has 0 spiro atoms. The number of nitrogens with two attached hydrogens (primary N) is 1. The van der Waals surface area contributed by atoms with Crippen molar-refractivity contribution < 1.29 is 9.59 Å². The van der Waals surface area contributed by atoms with E-state index < -0.39 is 6.04 Å². The molecule has 1 heterocycles. The fourth-order valence-corrected chi connectivity index (χ4v) is 2.24. The Morgan fingerprint density at radius 2 is 2.11 bits per heavy atom. The maximum absolute atomic E-state index is 12.4. The fraction of sp³-hybridized carbons (Fsp3) is 0.429. The van der Waals surface area contributed by atoms with E-state index in [1.165, 1.54) is 4.90 Å². The van der Waals surface area contributed by atoms with Gasteiger partial charge in [0.05, 0.1) is 17.4 Å². The Hall–Kier alpha value is -1.88. The molecule has 5 nitrogen and oxygen atoms in total. The Morgan fingerprint density at radius 3 is 2.79 bits per heavy atom. The summed E-state index contributed by atoms with van der Waals surface area (Å²) in [5, 5.41) is 2.75. The van der Waals surface area contributed by atoms with Crippen LogP contribution in [0.1, 0.15) is 20.3 Å². The van der Waals surface area contributed by atoms with E-state index in [1.807, 2.05) is 32.0 Å². The first kappa shape index (κ1) is 13.5. The lowest BCUT2D eigenvalue weighted by atomic mass is 10.0. The molecule has 3 N–H and O–H groups in total. The molecular weight excluding hydrogens is 242 g/mol. The first-order valence-electron chi connectivity index (χ1n) is 6.45. The smallest absolute Gasteiger partial charge is 0.244 e. The zero-order valence-electron chi connectivity index (χ0n) is 11.2. The van der Waals surface area contributed by atoms with Crippen molar-refractivity contribution in [3.8, 4) is 0 Å². The van der Waals surface area contributed by atoms with Gasteiger partial charge < -0.3 is 11.1 Å². The number of nitrogens with one attached hydrogen (secondary N) is 1. The van der Waals surface area contributed by atoms with Gasteiger partial charge in [-0.25, -0.2) is 0 Å². The van der Waals surface area contributed by atoms with Crippen molar-refractivity contribution in [3.05, 3.63) is 24.3 Å². The third kappa shape index (κ3) is 2.93. The van der Waals surface area contributed by atoms with Crippen LogP contribution in [0.15, 0.2) is 24.3 Å². The van der Waals surface area contributed by atoms with Crippen LogP contribution in [0.2, 0.25) is 0 Å². The SMILES string of the molecule is CC(C)C[C@H](N)C(=O)N1CC(=O)Nc2ccccc21. The molecule has 1 aliphatic rings. The quantitative estimate of drug-likeness (QED) is 0.862. The standard InChI is InChI=1S/C14H19N3O2/c1-9(2)7-10(15)14(19)17-8-13(18)16-11-5-3-4-6-12(11)17/h3-6,9-10H,7-8,15H2,1-2H3,(H,16,18)/t10-/m0/s1. The van der Waals surface area contributed by atoms with Gasteiger partial charge in [-0.15, -0.1) is 0 Å². The van der Waals surface area contributed by atoms with Crippen LogP contribution >= 0.6 is 0 Å². The van der Waals surface area contributed by atoms with E-state index in [0.717, 1.165) is 0 Å². The highest BCUT2D eigenvalue weighted by molar-refractivity contribution is 6.11. The molecule has 0 aromatic heterocycles. The minimum atomic E-state index is -0.570. The van der Waals surface area contributed by atoms with E-state index in [-0.39, 0.29) is 18.4 Å². The summed E-state index contributed by atoms with van der Waals surface area (Å²) in [4.78, 5) is 25.5. The van der Waals surface area contributed by atoms with Crippen molar-refractivity contribution >= 4 is 23.2 Å². The lowest BCUT2D eigenvalue weighted by Crippen LogP contribution is -2.49. The average molecular weight is 261 g/mol. The number of para-hydroxylation sites is 2. The lowest BCUT2D eigenvalue weighted by Gasteiger charge is -2.31. The predicted octanol–water partition coefficient (Wildman–Crippen LogP) is 1.35. The summed E-state index contributed by atoms with van der Waals surface area (Å²) in [6, 6.07) is 6.68. The largest absolute Gasteiger partial charge is 0.323 e. The number of carbonyl (C=O) groups excluding carboxylic acids is 2. The number of rotatable bonds is 3. The van der Waals surface area contributed by atoms with Crippen molar-refractivity contribution in [2.75, 3.05) is 16.8 Å². The number of hydrogen-bond donors (Lipinski definition) is 2. The van der Waals surface area contributed by atoms with Crippen LogP contribution in [0.4, 0.5) is 11.4 Å². The molecule has 0 aliphatic carbocycles. The molecule has 19 heavy (non-hydrogen) atoms. The topological polar surface area (TPSA) is 75.4 Å². The summed E-state index contributed by atoms with van der Waals surface area (Å²) >= 11 is 0. The zero-order chi connectivity index (χ0) is 14.0. The van der Waals surface area contributed by atoms with Crippen molar-refractivity contribution in [1.82, 2.24) is 0 Å². The second-order valence-electron chi connectivity index (χ2n) is 5.23. The summed E-state index contributed by atoms with van der Waals surface area (Å²) < 4.78 is 0. The van der Waals surface area contributed by atoms with Crippen LogP contribution in [0.3, 0.4) is 0 Å². The number of hydrogen-bond acceptors (Lipinski definition) is 3. The van der Waals surface area contributed by atoms with E-state index in [2.05, 4.69) is 5.32 Å². The van der Waals surface area contributed by atoms with Crippen LogP contribution < -0.4 is 16.0 Å². The number of benzene rings is 1. The molecule has 1 aromatic rings. The minimum absolute atomic E-state index is 0.0294. The molecule has 0 unspecified atom stereocenters. The van der Waals surface area contributed by atoms with Gasteiger partial charge in [-0.05, 0) is 24.5 Å². The van der Waals surface area contributed by atoms with Crippen molar-refractivity contribution in [3.63, 3.8) is 0 Å². The molecule has 1 aliphatic heterocycles. The first-order valence-corrected chi connectivity index (χ1v) is 6.45. The Bertz CT molecular complexity index is 499. The Labute approximate surface area is 112 Å². The molecule has 102 valence electrons. The Morgan fingerprint density at radius 1 is 1.42 bits per heavy atom. The number of carbonyl (C=O) groups is 2. The van der Waals surface area contributed by atoms with Crippen LogP contribution in [-0.2, 0) is 9.59 Å². The summed E-state index contributed by atoms with van der Waals surface area (Å²) in [6.07, 6.45) is 0.610. The second-order valence-corrected chi connectivity index (χ2v) is 5.23. The second kappa shape index (κ2) is 5.40. The van der Waals surface area contributed by atoms with Crippen LogP contribution in [-0.4, -0.2) is 24.4 Å². The summed E-state index contributed by atoms with van der Waals surface area (Å²) in [5.41, 5.74) is 7.30. The monoisotopic (exact) mass is 261 g/mol. The first-order chi connectivity index (χ1) is 8.99. The minimum Gasteiger partial charge on any atom is -0.323 e. The van der Waals surface area contributed by atoms with E-state index in [9.17, 15) is 9.59 Å². The van der Waals surface area contributed by atoms with Gasteiger partial charge in [0.2, 0.25) is 11.8 Å². The van der Waals surface area contributed by atoms with Gasteiger partial charge in [-0.2, -0.15) is 0 Å². The van der Waals surface area contributed by atoms with Gasteiger partial charge in [-0.3, -0.25) is 14.5 Å². The zero-order valence-corrected chi connectivity index (χ0v) is 11.2. The van der Waals surface area contributed by atoms with Crippen molar-refractivity contribution in [1.29, 1.82) is 0 Å². The lowest BCUT2D eigenvalue weighted by molar-refractivity contribution is -0.123. The van der Waals surface area contributed by atoms with Gasteiger partial charge in [0.15, 0.2) is 0 Å². The highest BCUT2D eigenvalue weighted by atomic mass is 16.2. The van der Waals surface area contributed by atoms with Gasteiger partial charge >= 0.3 is 0 Å². The predicted molar refractivity (Wildman–Crippen MR) is 74.9 cm³/mol. The highest BCUT2D eigenvalue weighted by Gasteiger charge is 2.29. The van der Waals surface area contributed by atoms with Gasteiger partial charge in [0, 0.05) is 0 Å². The summed E-state index contributed by atoms with van der Waals surface area (Å²) in [7, 11) is 0. The molecular formula is C14H19N3O2. The normalized spacial score (nSPS) is 16.0. The Kier molecular flexibility index (Phi) is 3.85. The maximum Gasteiger partial charge on any atom is 0.244 e. The van der Waals surface area contributed by atoms with E-state index in [1.54, 1.807) is 6.07 Å². The van der Waals surface area contributed by atoms with E-state index >= 15 is 0 Å². The molecule has 2 amide bonds. The fourth-order valence-electron chi connectivity index (χ4n) is 2.24. The van der Waals surface area contributed by atoms with Crippen molar-refractivity contribution in [2.45, 2.75) is 26.3 Å². The number of nitrogens with zero attached hydrogens (tertiary/aromatic N) is 1. The van der Waals surface area contributed by atoms with Crippen molar-refractivity contribution in [2.24, 2.45) is 11.7 Å². The number of anilines is 2. The maximum atomic E-state index is 12.4. The summed E-state index contributed by atoms with van der Waals surface area (Å²) in [5.74, 6) is -0.0485. The highest BCUT2D eigenvalue weighted by Crippen LogP contribution is 2.29. The molecule has 0 radical (unpaired) electrons. The molecule has 0 bridgehead atoms. The van der Waals surface area contributed by atoms with E-state index in [4.69, 9.17) is 5.73 Å². The van der Waals surface area contributed by atoms with Gasteiger partial charge in [0.1, 0.15) is 6.54 Å². The third-order valence-corrected chi connectivity index (χ3v) is 3.08.